The zero-order chi connectivity index (χ0) is 17.2. The van der Waals surface area contributed by atoms with E-state index in [-0.39, 0.29) is 5.78 Å². The minimum atomic E-state index is 0.0200. The number of rotatable bonds is 4. The molecule has 0 aliphatic carbocycles. The lowest BCUT2D eigenvalue weighted by Crippen LogP contribution is -2.00. The number of H-pyrrole nitrogens is 1. The summed E-state index contributed by atoms with van der Waals surface area (Å²) >= 11 is 3.44. The second kappa shape index (κ2) is 6.65. The quantitative estimate of drug-likeness (QED) is 0.489. The highest BCUT2D eigenvalue weighted by atomic mass is 79.9. The van der Waals surface area contributed by atoms with Crippen LogP contribution >= 0.6 is 15.9 Å². The van der Waals surface area contributed by atoms with E-state index < -0.39 is 0 Å². The minimum Gasteiger partial charge on any atom is -0.342 e. The Morgan fingerprint density at radius 3 is 2.44 bits per heavy atom. The van der Waals surface area contributed by atoms with Crippen molar-refractivity contribution in [3.8, 4) is 0 Å². The fourth-order valence-corrected chi connectivity index (χ4v) is 3.10. The maximum absolute atomic E-state index is 12.6. The molecular formula is C21H15BrN2O. The van der Waals surface area contributed by atoms with Crippen LogP contribution in [0.4, 0.5) is 0 Å². The lowest BCUT2D eigenvalue weighted by Gasteiger charge is -2.00. The van der Waals surface area contributed by atoms with Crippen molar-refractivity contribution in [2.75, 3.05) is 0 Å². The molecule has 0 aliphatic heterocycles. The molecule has 0 saturated heterocycles. The predicted octanol–water partition coefficient (Wildman–Crippen LogP) is 5.15. The third-order valence-corrected chi connectivity index (χ3v) is 4.64. The van der Waals surface area contributed by atoms with E-state index in [4.69, 9.17) is 0 Å². The number of hydrogen-bond acceptors (Lipinski definition) is 2. The van der Waals surface area contributed by atoms with Crippen LogP contribution in [0.5, 0.6) is 0 Å². The van der Waals surface area contributed by atoms with Crippen molar-refractivity contribution in [2.45, 2.75) is 6.42 Å². The summed E-state index contributed by atoms with van der Waals surface area (Å²) in [5, 5.41) is 0. The summed E-state index contributed by atoms with van der Waals surface area (Å²) in [5.41, 5.74) is 4.29. The smallest absolute Gasteiger partial charge is 0.193 e. The molecule has 0 amide bonds. The highest BCUT2D eigenvalue weighted by molar-refractivity contribution is 9.10. The first-order valence-corrected chi connectivity index (χ1v) is 8.81. The number of ketones is 1. The third kappa shape index (κ3) is 3.39. The number of carbonyl (C=O) groups is 1. The molecular weight excluding hydrogens is 376 g/mol. The molecule has 3 aromatic carbocycles. The topological polar surface area (TPSA) is 45.8 Å². The Bertz CT molecular complexity index is 1040. The van der Waals surface area contributed by atoms with Crippen molar-refractivity contribution in [3.05, 3.63) is 99.8 Å². The highest BCUT2D eigenvalue weighted by Crippen LogP contribution is 2.19. The first-order chi connectivity index (χ1) is 12.2. The van der Waals surface area contributed by atoms with Crippen molar-refractivity contribution >= 4 is 32.7 Å². The average Bonchev–Trinajstić information content (AvgIpc) is 3.05. The number of nitrogens with zero attached hydrogens (tertiary/aromatic N) is 1. The normalized spacial score (nSPS) is 10.9. The summed E-state index contributed by atoms with van der Waals surface area (Å²) in [6.45, 7) is 0. The summed E-state index contributed by atoms with van der Waals surface area (Å²) in [6.07, 6.45) is 0.726. The maximum Gasteiger partial charge on any atom is 0.193 e. The van der Waals surface area contributed by atoms with E-state index in [0.29, 0.717) is 11.1 Å². The highest BCUT2D eigenvalue weighted by Gasteiger charge is 2.11. The molecule has 0 aliphatic rings. The molecule has 0 unspecified atom stereocenters. The van der Waals surface area contributed by atoms with Crippen LogP contribution in [0.1, 0.15) is 27.3 Å². The summed E-state index contributed by atoms with van der Waals surface area (Å²) in [6, 6.07) is 23.1. The van der Waals surface area contributed by atoms with Gasteiger partial charge in [0.25, 0.3) is 0 Å². The van der Waals surface area contributed by atoms with Gasteiger partial charge in [0.1, 0.15) is 5.82 Å². The number of hydrogen-bond donors (Lipinski definition) is 1. The monoisotopic (exact) mass is 390 g/mol. The molecule has 4 heteroatoms. The van der Waals surface area contributed by atoms with Gasteiger partial charge in [0.15, 0.2) is 5.78 Å². The number of aromatic nitrogens is 2. The first-order valence-electron chi connectivity index (χ1n) is 8.02. The number of nitrogens with one attached hydrogen (secondary N) is 1. The van der Waals surface area contributed by atoms with E-state index >= 15 is 0 Å². The number of fused-ring (bicyclic) bond motifs is 1. The van der Waals surface area contributed by atoms with Crippen LogP contribution < -0.4 is 0 Å². The van der Waals surface area contributed by atoms with Crippen molar-refractivity contribution in [2.24, 2.45) is 0 Å². The van der Waals surface area contributed by atoms with Gasteiger partial charge in [-0.25, -0.2) is 4.98 Å². The van der Waals surface area contributed by atoms with Gasteiger partial charge in [0.2, 0.25) is 0 Å². The number of halogens is 1. The fraction of sp³-hybridized carbons (Fsp3) is 0.0476. The van der Waals surface area contributed by atoms with Crippen molar-refractivity contribution < 1.29 is 4.79 Å². The summed E-state index contributed by atoms with van der Waals surface area (Å²) in [7, 11) is 0. The molecule has 1 N–H and O–H groups in total. The van der Waals surface area contributed by atoms with Crippen LogP contribution in [0, 0.1) is 0 Å². The van der Waals surface area contributed by atoms with Crippen LogP contribution in [0.3, 0.4) is 0 Å². The molecule has 4 aromatic rings. The van der Waals surface area contributed by atoms with Gasteiger partial charge in [-0.3, -0.25) is 4.79 Å². The van der Waals surface area contributed by atoms with E-state index in [2.05, 4.69) is 38.0 Å². The zero-order valence-electron chi connectivity index (χ0n) is 13.4. The van der Waals surface area contributed by atoms with Gasteiger partial charge < -0.3 is 4.98 Å². The van der Waals surface area contributed by atoms with Crippen LogP contribution in [0.25, 0.3) is 11.0 Å². The van der Waals surface area contributed by atoms with Gasteiger partial charge in [-0.15, -0.1) is 0 Å². The van der Waals surface area contributed by atoms with Gasteiger partial charge in [-0.2, -0.15) is 0 Å². The van der Waals surface area contributed by atoms with Crippen molar-refractivity contribution in [1.29, 1.82) is 0 Å². The van der Waals surface area contributed by atoms with Gasteiger partial charge in [-0.1, -0.05) is 58.4 Å². The second-order valence-electron chi connectivity index (χ2n) is 5.91. The molecule has 3 nitrogen and oxygen atoms in total. The largest absolute Gasteiger partial charge is 0.342 e. The van der Waals surface area contributed by atoms with Crippen LogP contribution in [0.2, 0.25) is 0 Å². The van der Waals surface area contributed by atoms with E-state index in [1.807, 2.05) is 60.7 Å². The fourth-order valence-electron chi connectivity index (χ4n) is 2.84. The third-order valence-electron chi connectivity index (χ3n) is 4.11. The van der Waals surface area contributed by atoms with E-state index in [1.165, 1.54) is 5.56 Å². The Morgan fingerprint density at radius 1 is 0.920 bits per heavy atom. The molecule has 0 saturated carbocycles. The molecule has 1 aromatic heterocycles. The standard InChI is InChI=1S/C21H15BrN2O/c22-17-9-6-14(7-10-17)12-20-23-18-11-8-16(13-19(18)24-20)21(25)15-4-2-1-3-5-15/h1-11,13H,12H2,(H,23,24). The molecule has 0 radical (unpaired) electrons. The molecule has 0 fully saturated rings. The lowest BCUT2D eigenvalue weighted by molar-refractivity contribution is 0.103. The van der Waals surface area contributed by atoms with Gasteiger partial charge >= 0.3 is 0 Å². The molecule has 25 heavy (non-hydrogen) atoms. The predicted molar refractivity (Wildman–Crippen MR) is 103 cm³/mol. The Hall–Kier alpha value is -2.72. The average molecular weight is 391 g/mol. The van der Waals surface area contributed by atoms with E-state index in [0.717, 1.165) is 27.8 Å². The summed E-state index contributed by atoms with van der Waals surface area (Å²) in [5.74, 6) is 0.910. The molecule has 0 bridgehead atoms. The minimum absolute atomic E-state index is 0.0200. The number of aromatic amines is 1. The van der Waals surface area contributed by atoms with E-state index in [1.54, 1.807) is 0 Å². The Morgan fingerprint density at radius 2 is 1.68 bits per heavy atom. The molecule has 4 rings (SSSR count). The Balaban J connectivity index is 1.63. The molecule has 122 valence electrons. The SMILES string of the molecule is O=C(c1ccccc1)c1ccc2nc(Cc3ccc(Br)cc3)[nH]c2c1. The van der Waals surface area contributed by atoms with Gasteiger partial charge in [0.05, 0.1) is 11.0 Å². The molecule has 0 atom stereocenters. The summed E-state index contributed by atoms with van der Waals surface area (Å²) < 4.78 is 1.06. The Labute approximate surface area is 153 Å². The second-order valence-corrected chi connectivity index (χ2v) is 6.83. The molecule has 1 heterocycles. The lowest BCUT2D eigenvalue weighted by atomic mass is 10.0. The van der Waals surface area contributed by atoms with Crippen LogP contribution in [-0.4, -0.2) is 15.8 Å². The summed E-state index contributed by atoms with van der Waals surface area (Å²) in [4.78, 5) is 20.5. The van der Waals surface area contributed by atoms with E-state index in [9.17, 15) is 4.79 Å². The Kier molecular flexibility index (Phi) is 4.20. The number of benzene rings is 3. The number of imidazole rings is 1. The van der Waals surface area contributed by atoms with Crippen LogP contribution in [-0.2, 0) is 6.42 Å². The zero-order valence-corrected chi connectivity index (χ0v) is 15.0. The molecule has 0 spiro atoms. The van der Waals surface area contributed by atoms with Crippen molar-refractivity contribution in [3.63, 3.8) is 0 Å². The maximum atomic E-state index is 12.6. The van der Waals surface area contributed by atoms with Crippen molar-refractivity contribution in [1.82, 2.24) is 9.97 Å². The first kappa shape index (κ1) is 15.8. The number of carbonyl (C=O) groups excluding carboxylic acids is 1. The van der Waals surface area contributed by atoms with Gasteiger partial charge in [0, 0.05) is 22.0 Å². The van der Waals surface area contributed by atoms with Gasteiger partial charge in [-0.05, 0) is 35.9 Å². The van der Waals surface area contributed by atoms with Crippen LogP contribution in [0.15, 0.2) is 77.3 Å².